The second-order valence-corrected chi connectivity index (χ2v) is 8.30. The highest BCUT2D eigenvalue weighted by molar-refractivity contribution is 8.13. The molecule has 7 heteroatoms. The Bertz CT molecular complexity index is 664. The van der Waals surface area contributed by atoms with Gasteiger partial charge in [-0.1, -0.05) is 18.0 Å². The molecule has 2 atom stereocenters. The van der Waals surface area contributed by atoms with Crippen LogP contribution in [-0.2, 0) is 13.8 Å². The molecular weight excluding hydrogens is 321 g/mol. The van der Waals surface area contributed by atoms with Gasteiger partial charge in [-0.05, 0) is 42.9 Å². The van der Waals surface area contributed by atoms with Crippen LogP contribution in [-0.4, -0.2) is 14.3 Å². The molecule has 0 bridgehead atoms. The molecule has 1 aromatic rings. The normalized spacial score (nSPS) is 28.0. The minimum absolute atomic E-state index is 0.00255. The number of amides is 1. The zero-order chi connectivity index (χ0) is 14.5. The van der Waals surface area contributed by atoms with Gasteiger partial charge in [0, 0.05) is 22.3 Å². The lowest BCUT2D eigenvalue weighted by molar-refractivity contribution is -0.118. The van der Waals surface area contributed by atoms with E-state index in [1.807, 2.05) is 0 Å². The molecular formula is C13H13Cl2NO3S. The number of carbonyl (C=O) groups is 1. The Labute approximate surface area is 126 Å². The van der Waals surface area contributed by atoms with Crippen molar-refractivity contribution in [3.8, 4) is 0 Å². The number of hydrogen-bond donors (Lipinski definition) is 1. The number of nitrogens with one attached hydrogen (secondary N) is 1. The summed E-state index contributed by atoms with van der Waals surface area (Å²) >= 11 is 5.87. The number of carbonyl (C=O) groups excluding carboxylic acids is 1. The fraction of sp³-hybridized carbons (Fsp3) is 0.462. The van der Waals surface area contributed by atoms with Crippen LogP contribution in [0.3, 0.4) is 0 Å². The van der Waals surface area contributed by atoms with E-state index in [4.69, 9.17) is 22.3 Å². The van der Waals surface area contributed by atoms with E-state index < -0.39 is 9.05 Å². The van der Waals surface area contributed by atoms with Crippen LogP contribution in [0.15, 0.2) is 23.1 Å². The first-order chi connectivity index (χ1) is 9.38. The van der Waals surface area contributed by atoms with Crippen molar-refractivity contribution in [3.05, 3.63) is 23.2 Å². The smallest absolute Gasteiger partial charge is 0.262 e. The molecule has 0 heterocycles. The van der Waals surface area contributed by atoms with Crippen LogP contribution in [0.2, 0.25) is 5.02 Å². The summed E-state index contributed by atoms with van der Waals surface area (Å²) in [6.07, 6.45) is 3.48. The molecule has 0 radical (unpaired) electrons. The maximum absolute atomic E-state index is 12.1. The topological polar surface area (TPSA) is 63.2 Å². The van der Waals surface area contributed by atoms with E-state index in [1.165, 1.54) is 24.6 Å². The lowest BCUT2D eigenvalue weighted by Crippen LogP contribution is -2.16. The first-order valence-electron chi connectivity index (χ1n) is 6.43. The van der Waals surface area contributed by atoms with Crippen LogP contribution < -0.4 is 5.32 Å². The van der Waals surface area contributed by atoms with E-state index in [0.717, 1.165) is 12.8 Å². The molecule has 2 aliphatic rings. The average molecular weight is 334 g/mol. The zero-order valence-electron chi connectivity index (χ0n) is 10.5. The molecule has 2 unspecified atom stereocenters. The Morgan fingerprint density at radius 1 is 1.25 bits per heavy atom. The Balaban J connectivity index is 1.72. The van der Waals surface area contributed by atoms with Crippen molar-refractivity contribution in [2.24, 2.45) is 17.8 Å². The molecule has 1 aromatic carbocycles. The maximum atomic E-state index is 12.1. The molecule has 108 valence electrons. The molecule has 1 amide bonds. The SMILES string of the molecule is O=C(Nc1ccc(S(=O)(=O)Cl)c(Cl)c1)C1C2CCCC21. The molecule has 2 fully saturated rings. The van der Waals surface area contributed by atoms with Crippen LogP contribution in [0.5, 0.6) is 0 Å². The van der Waals surface area contributed by atoms with Crippen molar-refractivity contribution < 1.29 is 13.2 Å². The number of rotatable bonds is 3. The van der Waals surface area contributed by atoms with Crippen LogP contribution in [0.25, 0.3) is 0 Å². The quantitative estimate of drug-likeness (QED) is 0.863. The highest BCUT2D eigenvalue weighted by Gasteiger charge is 2.56. The standard InChI is InChI=1S/C13H13Cl2NO3S/c14-10-6-7(4-5-11(10)20(15,18)19)16-13(17)12-8-2-1-3-9(8)12/h4-6,8-9,12H,1-3H2,(H,16,17). The molecule has 0 spiro atoms. The van der Waals surface area contributed by atoms with Gasteiger partial charge in [0.25, 0.3) is 9.05 Å². The largest absolute Gasteiger partial charge is 0.326 e. The van der Waals surface area contributed by atoms with Crippen LogP contribution in [0.1, 0.15) is 19.3 Å². The van der Waals surface area contributed by atoms with Gasteiger partial charge in [-0.15, -0.1) is 0 Å². The number of benzene rings is 1. The second-order valence-electron chi connectivity index (χ2n) is 5.36. The van der Waals surface area contributed by atoms with E-state index in [-0.39, 0.29) is 21.7 Å². The van der Waals surface area contributed by atoms with Gasteiger partial charge >= 0.3 is 0 Å². The summed E-state index contributed by atoms with van der Waals surface area (Å²) in [6, 6.07) is 4.21. The third kappa shape index (κ3) is 2.54. The Morgan fingerprint density at radius 2 is 1.90 bits per heavy atom. The third-order valence-corrected chi connectivity index (χ3v) is 5.98. The molecule has 20 heavy (non-hydrogen) atoms. The molecule has 0 saturated heterocycles. The van der Waals surface area contributed by atoms with Crippen molar-refractivity contribution in [3.63, 3.8) is 0 Å². The number of fused-ring (bicyclic) bond motifs is 1. The van der Waals surface area contributed by atoms with Crippen LogP contribution >= 0.6 is 22.3 Å². The van der Waals surface area contributed by atoms with E-state index in [1.54, 1.807) is 0 Å². The third-order valence-electron chi connectivity index (χ3n) is 4.17. The molecule has 4 nitrogen and oxygen atoms in total. The number of anilines is 1. The molecule has 1 N–H and O–H groups in total. The Kier molecular flexibility index (Phi) is 3.47. The Morgan fingerprint density at radius 3 is 2.45 bits per heavy atom. The van der Waals surface area contributed by atoms with E-state index in [0.29, 0.717) is 17.5 Å². The summed E-state index contributed by atoms with van der Waals surface area (Å²) in [5.74, 6) is 1.18. The van der Waals surface area contributed by atoms with Crippen molar-refractivity contribution in [2.45, 2.75) is 24.2 Å². The maximum Gasteiger partial charge on any atom is 0.262 e. The van der Waals surface area contributed by atoms with Gasteiger partial charge in [0.05, 0.1) is 5.02 Å². The van der Waals surface area contributed by atoms with Gasteiger partial charge < -0.3 is 5.32 Å². The molecule has 0 aliphatic heterocycles. The predicted molar refractivity (Wildman–Crippen MR) is 77.4 cm³/mol. The summed E-state index contributed by atoms with van der Waals surface area (Å²) in [5.41, 5.74) is 0.494. The second kappa shape index (κ2) is 4.90. The lowest BCUT2D eigenvalue weighted by Gasteiger charge is -2.08. The first-order valence-corrected chi connectivity index (χ1v) is 9.12. The van der Waals surface area contributed by atoms with Gasteiger partial charge in [0.1, 0.15) is 4.90 Å². The van der Waals surface area contributed by atoms with Gasteiger partial charge in [-0.3, -0.25) is 4.79 Å². The van der Waals surface area contributed by atoms with Gasteiger partial charge in [-0.25, -0.2) is 8.42 Å². The minimum Gasteiger partial charge on any atom is -0.326 e. The molecule has 0 aromatic heterocycles. The summed E-state index contributed by atoms with van der Waals surface area (Å²) in [5, 5.41) is 2.80. The fourth-order valence-electron chi connectivity index (χ4n) is 3.21. The van der Waals surface area contributed by atoms with Crippen molar-refractivity contribution >= 4 is 42.9 Å². The monoisotopic (exact) mass is 333 g/mol. The van der Waals surface area contributed by atoms with Crippen LogP contribution in [0.4, 0.5) is 5.69 Å². The number of halogens is 2. The van der Waals surface area contributed by atoms with Gasteiger partial charge in [0.2, 0.25) is 5.91 Å². The summed E-state index contributed by atoms with van der Waals surface area (Å²) in [4.78, 5) is 11.9. The van der Waals surface area contributed by atoms with Gasteiger partial charge in [-0.2, -0.15) is 0 Å². The van der Waals surface area contributed by atoms with Crippen molar-refractivity contribution in [1.82, 2.24) is 0 Å². The Hall–Kier alpha value is -0.780. The lowest BCUT2D eigenvalue weighted by atomic mass is 10.1. The molecule has 2 aliphatic carbocycles. The zero-order valence-corrected chi connectivity index (χ0v) is 12.8. The van der Waals surface area contributed by atoms with Crippen LogP contribution in [0, 0.1) is 17.8 Å². The average Bonchev–Trinajstić information content (AvgIpc) is 2.82. The highest BCUT2D eigenvalue weighted by atomic mass is 35.7. The van der Waals surface area contributed by atoms with E-state index >= 15 is 0 Å². The van der Waals surface area contributed by atoms with Gasteiger partial charge in [0.15, 0.2) is 0 Å². The summed E-state index contributed by atoms with van der Waals surface area (Å²) < 4.78 is 22.5. The molecule has 2 saturated carbocycles. The first kappa shape index (κ1) is 14.2. The van der Waals surface area contributed by atoms with E-state index in [2.05, 4.69) is 5.32 Å². The minimum atomic E-state index is -3.87. The summed E-state index contributed by atoms with van der Waals surface area (Å²) in [7, 11) is 1.38. The fourth-order valence-corrected chi connectivity index (χ4v) is 4.74. The molecule has 3 rings (SSSR count). The van der Waals surface area contributed by atoms with Crippen molar-refractivity contribution in [2.75, 3.05) is 5.32 Å². The highest BCUT2D eigenvalue weighted by Crippen LogP contribution is 2.57. The van der Waals surface area contributed by atoms with Crippen molar-refractivity contribution in [1.29, 1.82) is 0 Å². The van der Waals surface area contributed by atoms with E-state index in [9.17, 15) is 13.2 Å². The summed E-state index contributed by atoms with van der Waals surface area (Å²) in [6.45, 7) is 0. The number of hydrogen-bond acceptors (Lipinski definition) is 3. The predicted octanol–water partition coefficient (Wildman–Crippen LogP) is 3.25.